The fourth-order valence-corrected chi connectivity index (χ4v) is 3.94. The van der Waals surface area contributed by atoms with E-state index in [0.717, 1.165) is 56.7 Å². The summed E-state index contributed by atoms with van der Waals surface area (Å²) in [6.07, 6.45) is 5.42. The SMILES string of the molecule is CC(C)c1ccc(N2CCC[C@](CO)(CCCc3ccccc3)C2)nn1. The quantitative estimate of drug-likeness (QED) is 0.810. The fourth-order valence-electron chi connectivity index (χ4n) is 3.94. The Morgan fingerprint density at radius 1 is 1.12 bits per heavy atom. The van der Waals surface area contributed by atoms with Crippen molar-refractivity contribution in [2.45, 2.75) is 51.9 Å². The number of benzene rings is 1. The van der Waals surface area contributed by atoms with Gasteiger partial charge in [0, 0.05) is 18.5 Å². The largest absolute Gasteiger partial charge is 0.396 e. The maximum absolute atomic E-state index is 10.2. The maximum atomic E-state index is 10.2. The molecule has 26 heavy (non-hydrogen) atoms. The van der Waals surface area contributed by atoms with Gasteiger partial charge in [-0.05, 0) is 55.7 Å². The molecule has 1 fully saturated rings. The van der Waals surface area contributed by atoms with Crippen molar-refractivity contribution in [3.05, 3.63) is 53.7 Å². The molecular weight excluding hydrogens is 322 g/mol. The van der Waals surface area contributed by atoms with Gasteiger partial charge in [-0.2, -0.15) is 5.10 Å². The number of hydrogen-bond donors (Lipinski definition) is 1. The lowest BCUT2D eigenvalue weighted by Gasteiger charge is -2.42. The van der Waals surface area contributed by atoms with Crippen LogP contribution in [0.4, 0.5) is 5.82 Å². The minimum absolute atomic E-state index is 0.0224. The fraction of sp³-hybridized carbons (Fsp3) is 0.545. The molecule has 2 heterocycles. The van der Waals surface area contributed by atoms with Crippen molar-refractivity contribution >= 4 is 5.82 Å². The van der Waals surface area contributed by atoms with Crippen molar-refractivity contribution in [2.24, 2.45) is 5.41 Å². The molecule has 3 rings (SSSR count). The van der Waals surface area contributed by atoms with Gasteiger partial charge in [-0.1, -0.05) is 44.2 Å². The Morgan fingerprint density at radius 2 is 1.92 bits per heavy atom. The summed E-state index contributed by atoms with van der Waals surface area (Å²) in [6, 6.07) is 14.8. The van der Waals surface area contributed by atoms with E-state index >= 15 is 0 Å². The van der Waals surface area contributed by atoms with Crippen LogP contribution in [0.3, 0.4) is 0 Å². The average molecular weight is 354 g/mol. The van der Waals surface area contributed by atoms with Crippen LogP contribution >= 0.6 is 0 Å². The molecule has 140 valence electrons. The molecule has 0 spiro atoms. The van der Waals surface area contributed by atoms with E-state index in [1.165, 1.54) is 5.56 Å². The molecule has 0 bridgehead atoms. The molecule has 1 atom stereocenters. The third-order valence-corrected chi connectivity index (χ3v) is 5.60. The van der Waals surface area contributed by atoms with Gasteiger partial charge in [0.15, 0.2) is 5.82 Å². The van der Waals surface area contributed by atoms with Crippen LogP contribution in [-0.2, 0) is 6.42 Å². The van der Waals surface area contributed by atoms with Gasteiger partial charge < -0.3 is 10.0 Å². The van der Waals surface area contributed by atoms with Gasteiger partial charge in [0.25, 0.3) is 0 Å². The van der Waals surface area contributed by atoms with Crippen molar-refractivity contribution in [3.63, 3.8) is 0 Å². The summed E-state index contributed by atoms with van der Waals surface area (Å²) in [7, 11) is 0. The Balaban J connectivity index is 1.62. The van der Waals surface area contributed by atoms with Crippen molar-refractivity contribution in [1.82, 2.24) is 10.2 Å². The standard InChI is InChI=1S/C22H31N3O/c1-18(2)20-11-12-21(24-23-20)25-15-7-14-22(16-25,17-26)13-6-10-19-8-4-3-5-9-19/h3-5,8-9,11-12,18,26H,6-7,10,13-17H2,1-2H3/t22-/m1/s1. The zero-order valence-corrected chi connectivity index (χ0v) is 16.1. The number of nitrogens with zero attached hydrogens (tertiary/aromatic N) is 3. The van der Waals surface area contributed by atoms with Gasteiger partial charge in [0.1, 0.15) is 0 Å². The number of aryl methyl sites for hydroxylation is 1. The molecule has 1 saturated heterocycles. The first kappa shape index (κ1) is 18.8. The number of anilines is 1. The smallest absolute Gasteiger partial charge is 0.151 e. The summed E-state index contributed by atoms with van der Waals surface area (Å²) >= 11 is 0. The molecule has 4 nitrogen and oxygen atoms in total. The van der Waals surface area contributed by atoms with Crippen molar-refractivity contribution in [3.8, 4) is 0 Å². The summed E-state index contributed by atoms with van der Waals surface area (Å²) in [5, 5.41) is 19.0. The lowest BCUT2D eigenvalue weighted by atomic mass is 9.76. The number of aliphatic hydroxyl groups is 1. The summed E-state index contributed by atoms with van der Waals surface area (Å²) in [4.78, 5) is 2.30. The van der Waals surface area contributed by atoms with Gasteiger partial charge in [0.05, 0.1) is 12.3 Å². The Labute approximate surface area is 157 Å². The van der Waals surface area contributed by atoms with E-state index in [4.69, 9.17) is 0 Å². The Kier molecular flexibility index (Phi) is 6.25. The van der Waals surface area contributed by atoms with E-state index < -0.39 is 0 Å². The van der Waals surface area contributed by atoms with Crippen molar-refractivity contribution in [1.29, 1.82) is 0 Å². The van der Waals surface area contributed by atoms with Crippen LogP contribution in [0, 0.1) is 5.41 Å². The van der Waals surface area contributed by atoms with E-state index in [1.807, 2.05) is 0 Å². The normalized spacial score (nSPS) is 20.5. The van der Waals surface area contributed by atoms with Crippen LogP contribution in [0.15, 0.2) is 42.5 Å². The number of aromatic nitrogens is 2. The first-order chi connectivity index (χ1) is 12.6. The molecule has 0 amide bonds. The highest BCUT2D eigenvalue weighted by atomic mass is 16.3. The van der Waals surface area contributed by atoms with Crippen molar-refractivity contribution in [2.75, 3.05) is 24.6 Å². The van der Waals surface area contributed by atoms with Crippen LogP contribution in [0.25, 0.3) is 0 Å². The number of rotatable bonds is 7. The number of aliphatic hydroxyl groups excluding tert-OH is 1. The maximum Gasteiger partial charge on any atom is 0.151 e. The molecule has 0 radical (unpaired) electrons. The summed E-state index contributed by atoms with van der Waals surface area (Å²) in [6.45, 7) is 6.38. The van der Waals surface area contributed by atoms with E-state index in [-0.39, 0.29) is 12.0 Å². The van der Waals surface area contributed by atoms with Crippen molar-refractivity contribution < 1.29 is 5.11 Å². The number of hydrogen-bond acceptors (Lipinski definition) is 4. The second kappa shape index (κ2) is 8.63. The monoisotopic (exact) mass is 353 g/mol. The topological polar surface area (TPSA) is 49.2 Å². The van der Waals surface area contributed by atoms with Gasteiger partial charge in [-0.25, -0.2) is 0 Å². The summed E-state index contributed by atoms with van der Waals surface area (Å²) in [5.74, 6) is 1.34. The van der Waals surface area contributed by atoms with Crippen LogP contribution in [-0.4, -0.2) is 35.0 Å². The van der Waals surface area contributed by atoms with Crippen LogP contribution in [0.1, 0.15) is 56.7 Å². The van der Waals surface area contributed by atoms with E-state index in [0.29, 0.717) is 5.92 Å². The molecule has 1 aliphatic heterocycles. The lowest BCUT2D eigenvalue weighted by molar-refractivity contribution is 0.0938. The molecule has 0 aliphatic carbocycles. The molecular formula is C22H31N3O. The van der Waals surface area contributed by atoms with Gasteiger partial charge in [0.2, 0.25) is 0 Å². The molecule has 1 aromatic heterocycles. The second-order valence-corrected chi connectivity index (χ2v) is 7.99. The molecule has 4 heteroatoms. The second-order valence-electron chi connectivity index (χ2n) is 7.99. The van der Waals surface area contributed by atoms with E-state index in [2.05, 4.69) is 71.4 Å². The summed E-state index contributed by atoms with van der Waals surface area (Å²) < 4.78 is 0. The van der Waals surface area contributed by atoms with Gasteiger partial charge in [-0.15, -0.1) is 5.10 Å². The van der Waals surface area contributed by atoms with Gasteiger partial charge >= 0.3 is 0 Å². The third-order valence-electron chi connectivity index (χ3n) is 5.60. The molecule has 1 aliphatic rings. The predicted octanol–water partition coefficient (Wildman–Crippen LogP) is 4.20. The summed E-state index contributed by atoms with van der Waals surface area (Å²) in [5.41, 5.74) is 2.39. The minimum Gasteiger partial charge on any atom is -0.396 e. The Hall–Kier alpha value is -1.94. The molecule has 0 unspecified atom stereocenters. The zero-order valence-electron chi connectivity index (χ0n) is 16.1. The lowest BCUT2D eigenvalue weighted by Crippen LogP contribution is -2.46. The molecule has 2 aromatic rings. The first-order valence-electron chi connectivity index (χ1n) is 9.85. The highest BCUT2D eigenvalue weighted by Gasteiger charge is 2.35. The molecule has 1 N–H and O–H groups in total. The van der Waals surface area contributed by atoms with E-state index in [9.17, 15) is 5.11 Å². The predicted molar refractivity (Wildman–Crippen MR) is 106 cm³/mol. The Morgan fingerprint density at radius 3 is 2.58 bits per heavy atom. The highest BCUT2D eigenvalue weighted by Crippen LogP contribution is 2.36. The first-order valence-corrected chi connectivity index (χ1v) is 9.85. The van der Waals surface area contributed by atoms with Crippen LogP contribution < -0.4 is 4.90 Å². The average Bonchev–Trinajstić information content (AvgIpc) is 2.69. The van der Waals surface area contributed by atoms with Gasteiger partial charge in [-0.3, -0.25) is 0 Å². The number of piperidine rings is 1. The van der Waals surface area contributed by atoms with Crippen LogP contribution in [0.5, 0.6) is 0 Å². The molecule has 0 saturated carbocycles. The minimum atomic E-state index is -0.0224. The highest BCUT2D eigenvalue weighted by molar-refractivity contribution is 5.38. The van der Waals surface area contributed by atoms with E-state index in [1.54, 1.807) is 0 Å². The third kappa shape index (κ3) is 4.61. The zero-order chi connectivity index (χ0) is 18.4. The van der Waals surface area contributed by atoms with Crippen LogP contribution in [0.2, 0.25) is 0 Å². The molecule has 1 aromatic carbocycles. The Bertz CT molecular complexity index is 672.